The molecule has 0 saturated carbocycles. The number of aliphatic hydroxyl groups is 1. The molecule has 1 aliphatic heterocycles. The number of aliphatic hydroxyl groups excluding tert-OH is 1. The van der Waals surface area contributed by atoms with Gasteiger partial charge < -0.3 is 19.0 Å². The topological polar surface area (TPSA) is 114 Å². The van der Waals surface area contributed by atoms with Gasteiger partial charge in [0.2, 0.25) is 0 Å². The van der Waals surface area contributed by atoms with Crippen LogP contribution >= 0.6 is 0 Å². The molecule has 0 bridgehead atoms. The molecule has 22 heavy (non-hydrogen) atoms. The first-order valence-electron chi connectivity index (χ1n) is 7.18. The molecule has 8 nitrogen and oxygen atoms in total. The standard InChI is InChI=1S/C13H25N3O5Si/c1-8(17)20-11-10(15-16-14)9(7-19-12(11)18)21-22(5,6)13(2,3)4/h9-12,18H,7H2,1-6H3/t9?,10?,11-,12?/m1/s1. The second-order valence-electron chi connectivity index (χ2n) is 6.91. The lowest BCUT2D eigenvalue weighted by molar-refractivity contribution is -0.228. The van der Waals surface area contributed by atoms with Crippen LogP contribution in [0.25, 0.3) is 10.4 Å². The lowest BCUT2D eigenvalue weighted by Gasteiger charge is -2.44. The number of nitrogens with zero attached hydrogens (tertiary/aromatic N) is 3. The highest BCUT2D eigenvalue weighted by Gasteiger charge is 2.47. The maximum atomic E-state index is 11.2. The average molecular weight is 331 g/mol. The lowest BCUT2D eigenvalue weighted by atomic mass is 10.0. The number of hydrogen-bond donors (Lipinski definition) is 1. The van der Waals surface area contributed by atoms with E-state index in [1.807, 2.05) is 0 Å². The Morgan fingerprint density at radius 3 is 2.50 bits per heavy atom. The second kappa shape index (κ2) is 6.97. The van der Waals surface area contributed by atoms with Crippen LogP contribution in [0.15, 0.2) is 5.11 Å². The Kier molecular flexibility index (Phi) is 6.00. The van der Waals surface area contributed by atoms with Crippen molar-refractivity contribution in [3.8, 4) is 0 Å². The number of hydrogen-bond acceptors (Lipinski definition) is 6. The third-order valence-electron chi connectivity index (χ3n) is 4.17. The van der Waals surface area contributed by atoms with Crippen molar-refractivity contribution in [3.63, 3.8) is 0 Å². The fraction of sp³-hybridized carbons (Fsp3) is 0.923. The first kappa shape index (κ1) is 18.9. The summed E-state index contributed by atoms with van der Waals surface area (Å²) in [5.74, 6) is -0.584. The number of carbonyl (C=O) groups excluding carboxylic acids is 1. The van der Waals surface area contributed by atoms with Crippen LogP contribution in [0.3, 0.4) is 0 Å². The molecule has 0 aromatic heterocycles. The van der Waals surface area contributed by atoms with E-state index in [2.05, 4.69) is 43.9 Å². The van der Waals surface area contributed by atoms with Gasteiger partial charge in [-0.1, -0.05) is 25.9 Å². The van der Waals surface area contributed by atoms with Crippen molar-refractivity contribution < 1.29 is 23.8 Å². The number of esters is 1. The molecule has 0 aliphatic carbocycles. The normalized spacial score (nSPS) is 29.6. The third kappa shape index (κ3) is 4.44. The molecule has 0 aromatic rings. The SMILES string of the molecule is CC(=O)O[C@H]1C(O)OCC(O[Si](C)(C)C(C)(C)C)C1N=[N+]=[N-]. The first-order valence-corrected chi connectivity index (χ1v) is 10.1. The highest BCUT2D eigenvalue weighted by molar-refractivity contribution is 6.74. The molecule has 1 saturated heterocycles. The zero-order chi connectivity index (χ0) is 17.1. The molecule has 1 heterocycles. The van der Waals surface area contributed by atoms with Crippen molar-refractivity contribution in [3.05, 3.63) is 10.4 Å². The van der Waals surface area contributed by atoms with E-state index in [4.69, 9.17) is 19.4 Å². The van der Waals surface area contributed by atoms with E-state index in [1.165, 1.54) is 6.92 Å². The van der Waals surface area contributed by atoms with Crippen LogP contribution in [0.4, 0.5) is 0 Å². The third-order valence-corrected chi connectivity index (χ3v) is 8.67. The summed E-state index contributed by atoms with van der Waals surface area (Å²) in [7, 11) is -2.14. The Labute approximate surface area is 131 Å². The molecule has 0 radical (unpaired) electrons. The molecule has 3 unspecified atom stereocenters. The average Bonchev–Trinajstić information content (AvgIpc) is 2.35. The van der Waals surface area contributed by atoms with Gasteiger partial charge in [0.25, 0.3) is 0 Å². The lowest BCUT2D eigenvalue weighted by Crippen LogP contribution is -2.58. The van der Waals surface area contributed by atoms with Gasteiger partial charge in [-0.05, 0) is 23.7 Å². The van der Waals surface area contributed by atoms with E-state index >= 15 is 0 Å². The Hall–Kier alpha value is -1.12. The van der Waals surface area contributed by atoms with Crippen molar-refractivity contribution in [2.24, 2.45) is 5.11 Å². The largest absolute Gasteiger partial charge is 0.457 e. The fourth-order valence-corrected chi connectivity index (χ4v) is 3.26. The second-order valence-corrected chi connectivity index (χ2v) is 11.7. The molecule has 0 amide bonds. The smallest absolute Gasteiger partial charge is 0.303 e. The highest BCUT2D eigenvalue weighted by atomic mass is 28.4. The fourth-order valence-electron chi connectivity index (χ4n) is 1.95. The van der Waals surface area contributed by atoms with Crippen molar-refractivity contribution in [2.45, 2.75) is 70.4 Å². The molecule has 4 atom stereocenters. The summed E-state index contributed by atoms with van der Waals surface area (Å²) in [6.07, 6.45) is -2.97. The summed E-state index contributed by atoms with van der Waals surface area (Å²) in [5.41, 5.74) is 8.78. The van der Waals surface area contributed by atoms with Gasteiger partial charge in [0, 0.05) is 11.8 Å². The summed E-state index contributed by atoms with van der Waals surface area (Å²) in [5, 5.41) is 13.5. The van der Waals surface area contributed by atoms with E-state index in [0.717, 1.165) is 0 Å². The van der Waals surface area contributed by atoms with Crippen LogP contribution < -0.4 is 0 Å². The summed E-state index contributed by atoms with van der Waals surface area (Å²) >= 11 is 0. The van der Waals surface area contributed by atoms with E-state index in [-0.39, 0.29) is 11.6 Å². The van der Waals surface area contributed by atoms with Crippen molar-refractivity contribution in [1.82, 2.24) is 0 Å². The number of carbonyl (C=O) groups is 1. The molecule has 9 heteroatoms. The Morgan fingerprint density at radius 1 is 1.45 bits per heavy atom. The molecule has 0 aromatic carbocycles. The monoisotopic (exact) mass is 331 g/mol. The van der Waals surface area contributed by atoms with Gasteiger partial charge in [0.05, 0.1) is 12.7 Å². The van der Waals surface area contributed by atoms with E-state index < -0.39 is 38.8 Å². The minimum absolute atomic E-state index is 0.0408. The Bertz CT molecular complexity index is 459. The molecule has 1 rings (SSSR count). The minimum atomic E-state index is -2.14. The van der Waals surface area contributed by atoms with Gasteiger partial charge in [-0.3, -0.25) is 4.79 Å². The van der Waals surface area contributed by atoms with Gasteiger partial charge in [0.15, 0.2) is 20.7 Å². The van der Waals surface area contributed by atoms with Crippen LogP contribution in [0.1, 0.15) is 27.7 Å². The van der Waals surface area contributed by atoms with E-state index in [9.17, 15) is 9.90 Å². The van der Waals surface area contributed by atoms with Crippen LogP contribution in [0.5, 0.6) is 0 Å². The molecular formula is C13H25N3O5Si. The Morgan fingerprint density at radius 2 is 2.05 bits per heavy atom. The summed E-state index contributed by atoms with van der Waals surface area (Å²) in [6, 6.07) is -0.827. The van der Waals surface area contributed by atoms with Gasteiger partial charge in [-0.2, -0.15) is 0 Å². The molecular weight excluding hydrogens is 306 g/mol. The van der Waals surface area contributed by atoms with Crippen molar-refractivity contribution in [1.29, 1.82) is 0 Å². The van der Waals surface area contributed by atoms with Crippen LogP contribution in [0, 0.1) is 0 Å². The summed E-state index contributed by atoms with van der Waals surface area (Å²) < 4.78 is 16.5. The van der Waals surface area contributed by atoms with Crippen LogP contribution in [0.2, 0.25) is 18.1 Å². The number of rotatable bonds is 4. The summed E-state index contributed by atoms with van der Waals surface area (Å²) in [4.78, 5) is 14.0. The zero-order valence-electron chi connectivity index (χ0n) is 13.9. The van der Waals surface area contributed by atoms with E-state index in [0.29, 0.717) is 0 Å². The van der Waals surface area contributed by atoms with Crippen LogP contribution in [-0.4, -0.2) is 50.5 Å². The number of azide groups is 1. The Balaban J connectivity index is 3.02. The zero-order valence-corrected chi connectivity index (χ0v) is 14.9. The van der Waals surface area contributed by atoms with E-state index in [1.54, 1.807) is 0 Å². The van der Waals surface area contributed by atoms with Crippen molar-refractivity contribution in [2.75, 3.05) is 6.61 Å². The number of ether oxygens (including phenoxy) is 2. The van der Waals surface area contributed by atoms with Crippen LogP contribution in [-0.2, 0) is 18.7 Å². The van der Waals surface area contributed by atoms with Gasteiger partial charge in [-0.25, -0.2) is 0 Å². The summed E-state index contributed by atoms with van der Waals surface area (Å²) in [6.45, 7) is 11.7. The molecule has 1 N–H and O–H groups in total. The predicted octanol–water partition coefficient (Wildman–Crippen LogP) is 2.34. The molecule has 126 valence electrons. The van der Waals surface area contributed by atoms with Gasteiger partial charge in [0.1, 0.15) is 6.04 Å². The predicted molar refractivity (Wildman–Crippen MR) is 82.5 cm³/mol. The van der Waals surface area contributed by atoms with Gasteiger partial charge in [-0.15, -0.1) is 0 Å². The maximum absolute atomic E-state index is 11.2. The highest BCUT2D eigenvalue weighted by Crippen LogP contribution is 2.39. The molecule has 1 aliphatic rings. The first-order chi connectivity index (χ1) is 9.99. The quantitative estimate of drug-likeness (QED) is 0.279. The molecule has 1 fully saturated rings. The minimum Gasteiger partial charge on any atom is -0.457 e. The van der Waals surface area contributed by atoms with Crippen molar-refractivity contribution >= 4 is 14.3 Å². The molecule has 0 spiro atoms. The maximum Gasteiger partial charge on any atom is 0.303 e. The van der Waals surface area contributed by atoms with Gasteiger partial charge >= 0.3 is 5.97 Å².